The lowest BCUT2D eigenvalue weighted by atomic mass is 10.1. The molecule has 0 aliphatic heterocycles. The minimum atomic E-state index is -0.514. The first-order valence-corrected chi connectivity index (χ1v) is 5.95. The van der Waals surface area contributed by atoms with Crippen LogP contribution in [-0.2, 0) is 0 Å². The Bertz CT molecular complexity index is 324. The van der Waals surface area contributed by atoms with Gasteiger partial charge in [0.25, 0.3) is 0 Å². The van der Waals surface area contributed by atoms with Crippen LogP contribution in [0, 0.1) is 11.6 Å². The minimum absolute atomic E-state index is 0.0923. The molecule has 2 N–H and O–H groups in total. The summed E-state index contributed by atoms with van der Waals surface area (Å²) in [6.07, 6.45) is 2.57. The third-order valence-electron chi connectivity index (χ3n) is 2.72. The van der Waals surface area contributed by atoms with Crippen molar-refractivity contribution in [3.05, 3.63) is 35.4 Å². The van der Waals surface area contributed by atoms with Crippen LogP contribution in [0.25, 0.3) is 0 Å². The minimum Gasteiger partial charge on any atom is -0.396 e. The third kappa shape index (κ3) is 4.40. The quantitative estimate of drug-likeness (QED) is 0.722. The van der Waals surface area contributed by atoms with Gasteiger partial charge in [0, 0.05) is 18.2 Å². The molecule has 2 nitrogen and oxygen atoms in total. The number of aliphatic hydroxyl groups excluding tert-OH is 1. The average molecular weight is 243 g/mol. The maximum Gasteiger partial charge on any atom is 0.130 e. The van der Waals surface area contributed by atoms with Gasteiger partial charge in [-0.3, -0.25) is 0 Å². The summed E-state index contributed by atoms with van der Waals surface area (Å²) in [7, 11) is 0. The highest BCUT2D eigenvalue weighted by Gasteiger charge is 2.14. The molecule has 0 radical (unpaired) electrons. The molecule has 0 aromatic heterocycles. The molecule has 0 amide bonds. The summed E-state index contributed by atoms with van der Waals surface area (Å²) in [5.41, 5.74) is 0.0923. The molecular formula is C13H19F2NO. The second kappa shape index (κ2) is 7.35. The number of unbranched alkanes of at least 4 members (excludes halogenated alkanes) is 2. The van der Waals surface area contributed by atoms with Crippen LogP contribution in [0.4, 0.5) is 8.78 Å². The Hall–Kier alpha value is -1.00. The van der Waals surface area contributed by atoms with Gasteiger partial charge in [0.05, 0.1) is 0 Å². The predicted octanol–water partition coefficient (Wildman–Crippen LogP) is 2.78. The SMILES string of the molecule is CC(NCCCCCO)c1c(F)cccc1F. The second-order valence-corrected chi connectivity index (χ2v) is 4.10. The van der Waals surface area contributed by atoms with Gasteiger partial charge >= 0.3 is 0 Å². The van der Waals surface area contributed by atoms with Gasteiger partial charge in [-0.25, -0.2) is 8.78 Å². The van der Waals surface area contributed by atoms with Gasteiger partial charge in [0.1, 0.15) is 11.6 Å². The molecule has 96 valence electrons. The monoisotopic (exact) mass is 243 g/mol. The first kappa shape index (κ1) is 14.1. The van der Waals surface area contributed by atoms with Crippen molar-refractivity contribution in [3.63, 3.8) is 0 Å². The molecule has 17 heavy (non-hydrogen) atoms. The summed E-state index contributed by atoms with van der Waals surface area (Å²) in [6.45, 7) is 2.62. The number of halogens is 2. The molecule has 1 unspecified atom stereocenters. The molecule has 1 aromatic rings. The molecule has 1 aromatic carbocycles. The number of hydrogen-bond donors (Lipinski definition) is 2. The Labute approximate surface area is 101 Å². The van der Waals surface area contributed by atoms with Gasteiger partial charge in [0.2, 0.25) is 0 Å². The molecule has 0 heterocycles. The van der Waals surface area contributed by atoms with E-state index in [2.05, 4.69) is 5.32 Å². The summed E-state index contributed by atoms with van der Waals surface area (Å²) in [6, 6.07) is 3.55. The van der Waals surface area contributed by atoms with Crippen molar-refractivity contribution in [2.45, 2.75) is 32.2 Å². The van der Waals surface area contributed by atoms with E-state index in [4.69, 9.17) is 5.11 Å². The van der Waals surface area contributed by atoms with Gasteiger partial charge in [-0.2, -0.15) is 0 Å². The summed E-state index contributed by atoms with van der Waals surface area (Å²) in [5, 5.41) is 11.7. The van der Waals surface area contributed by atoms with Crippen molar-refractivity contribution >= 4 is 0 Å². The van der Waals surface area contributed by atoms with Gasteiger partial charge in [-0.15, -0.1) is 0 Å². The van der Waals surface area contributed by atoms with E-state index in [1.54, 1.807) is 6.92 Å². The Morgan fingerprint density at radius 3 is 2.41 bits per heavy atom. The van der Waals surface area contributed by atoms with E-state index in [0.717, 1.165) is 19.3 Å². The van der Waals surface area contributed by atoms with E-state index in [1.165, 1.54) is 18.2 Å². The fourth-order valence-corrected chi connectivity index (χ4v) is 1.76. The second-order valence-electron chi connectivity index (χ2n) is 4.10. The van der Waals surface area contributed by atoms with Crippen molar-refractivity contribution in [1.82, 2.24) is 5.32 Å². The fraction of sp³-hybridized carbons (Fsp3) is 0.538. The molecule has 0 saturated heterocycles. The van der Waals surface area contributed by atoms with Crippen LogP contribution in [0.3, 0.4) is 0 Å². The lowest BCUT2D eigenvalue weighted by Crippen LogP contribution is -2.22. The zero-order chi connectivity index (χ0) is 12.7. The van der Waals surface area contributed by atoms with Crippen LogP contribution >= 0.6 is 0 Å². The molecule has 1 atom stereocenters. The highest BCUT2D eigenvalue weighted by atomic mass is 19.1. The van der Waals surface area contributed by atoms with Crippen molar-refractivity contribution in [2.75, 3.05) is 13.2 Å². The van der Waals surface area contributed by atoms with Gasteiger partial charge in [0.15, 0.2) is 0 Å². The van der Waals surface area contributed by atoms with Crippen LogP contribution in [0.2, 0.25) is 0 Å². The largest absolute Gasteiger partial charge is 0.396 e. The molecule has 4 heteroatoms. The van der Waals surface area contributed by atoms with Gasteiger partial charge in [-0.05, 0) is 44.9 Å². The average Bonchev–Trinajstić information content (AvgIpc) is 2.28. The van der Waals surface area contributed by atoms with Gasteiger partial charge < -0.3 is 10.4 Å². The number of benzene rings is 1. The van der Waals surface area contributed by atoms with E-state index >= 15 is 0 Å². The predicted molar refractivity (Wildman–Crippen MR) is 63.7 cm³/mol. The highest BCUT2D eigenvalue weighted by Crippen LogP contribution is 2.20. The maximum absolute atomic E-state index is 13.4. The Morgan fingerprint density at radius 1 is 1.18 bits per heavy atom. The molecular weight excluding hydrogens is 224 g/mol. The van der Waals surface area contributed by atoms with E-state index in [0.29, 0.717) is 6.54 Å². The number of hydrogen-bond acceptors (Lipinski definition) is 2. The van der Waals surface area contributed by atoms with Crippen molar-refractivity contribution < 1.29 is 13.9 Å². The maximum atomic E-state index is 13.4. The van der Waals surface area contributed by atoms with Crippen LogP contribution in [0.15, 0.2) is 18.2 Å². The van der Waals surface area contributed by atoms with Crippen LogP contribution in [0.5, 0.6) is 0 Å². The lowest BCUT2D eigenvalue weighted by Gasteiger charge is -2.15. The Morgan fingerprint density at radius 2 is 1.82 bits per heavy atom. The zero-order valence-corrected chi connectivity index (χ0v) is 10.0. The molecule has 0 saturated carbocycles. The highest BCUT2D eigenvalue weighted by molar-refractivity contribution is 5.22. The first-order valence-electron chi connectivity index (χ1n) is 5.95. The molecule has 0 aliphatic rings. The smallest absolute Gasteiger partial charge is 0.130 e. The first-order chi connectivity index (χ1) is 8.16. The summed E-state index contributed by atoms with van der Waals surface area (Å²) in [5.74, 6) is -1.03. The van der Waals surface area contributed by atoms with Crippen molar-refractivity contribution in [1.29, 1.82) is 0 Å². The lowest BCUT2D eigenvalue weighted by molar-refractivity contribution is 0.282. The van der Waals surface area contributed by atoms with E-state index in [-0.39, 0.29) is 18.2 Å². The number of rotatable bonds is 7. The van der Waals surface area contributed by atoms with Crippen LogP contribution in [0.1, 0.15) is 37.8 Å². The third-order valence-corrected chi connectivity index (χ3v) is 2.72. The topological polar surface area (TPSA) is 32.3 Å². The Balaban J connectivity index is 2.44. The van der Waals surface area contributed by atoms with E-state index in [9.17, 15) is 8.78 Å². The van der Waals surface area contributed by atoms with E-state index in [1.807, 2.05) is 0 Å². The number of aliphatic hydroxyl groups is 1. The molecule has 0 bridgehead atoms. The van der Waals surface area contributed by atoms with Crippen LogP contribution < -0.4 is 5.32 Å². The zero-order valence-electron chi connectivity index (χ0n) is 10.0. The number of nitrogens with one attached hydrogen (secondary N) is 1. The standard InChI is InChI=1S/C13H19F2NO/c1-10(16-8-3-2-4-9-17)13-11(14)6-5-7-12(13)15/h5-7,10,16-17H,2-4,8-9H2,1H3. The van der Waals surface area contributed by atoms with Crippen molar-refractivity contribution in [3.8, 4) is 0 Å². The Kier molecular flexibility index (Phi) is 6.08. The van der Waals surface area contributed by atoms with Crippen LogP contribution in [-0.4, -0.2) is 18.3 Å². The van der Waals surface area contributed by atoms with Crippen molar-refractivity contribution in [2.24, 2.45) is 0 Å². The molecule has 0 fully saturated rings. The fourth-order valence-electron chi connectivity index (χ4n) is 1.76. The molecule has 0 spiro atoms. The normalized spacial score (nSPS) is 12.7. The van der Waals surface area contributed by atoms with E-state index < -0.39 is 11.6 Å². The summed E-state index contributed by atoms with van der Waals surface area (Å²) >= 11 is 0. The summed E-state index contributed by atoms with van der Waals surface area (Å²) in [4.78, 5) is 0. The van der Waals surface area contributed by atoms with Gasteiger partial charge in [-0.1, -0.05) is 6.07 Å². The molecule has 1 rings (SSSR count). The summed E-state index contributed by atoms with van der Waals surface area (Å²) < 4.78 is 26.8. The molecule has 0 aliphatic carbocycles.